The van der Waals surface area contributed by atoms with E-state index in [1.165, 1.54) is 6.07 Å². The van der Waals surface area contributed by atoms with Crippen LogP contribution in [-0.2, 0) is 0 Å². The number of carboxylic acids is 1. The lowest BCUT2D eigenvalue weighted by atomic mass is 10.2. The first kappa shape index (κ1) is 9.53. The summed E-state index contributed by atoms with van der Waals surface area (Å²) in [4.78, 5) is 10.4. The van der Waals surface area contributed by atoms with E-state index in [1.807, 2.05) is 0 Å². The first-order chi connectivity index (χ1) is 6.15. The van der Waals surface area contributed by atoms with Gasteiger partial charge in [0.15, 0.2) is 0 Å². The molecule has 0 radical (unpaired) electrons. The first-order valence-corrected chi connectivity index (χ1v) is 3.41. The maximum Gasteiger partial charge on any atom is 0.504 e. The molecule has 0 atom stereocenters. The number of carbonyl (C=O) groups is 1. The van der Waals surface area contributed by atoms with Crippen molar-refractivity contribution < 1.29 is 24.0 Å². The van der Waals surface area contributed by atoms with Gasteiger partial charge in [-0.2, -0.15) is 0 Å². The van der Waals surface area contributed by atoms with Gasteiger partial charge >= 0.3 is 13.7 Å². The quantitative estimate of drug-likeness (QED) is 0.656. The normalized spacial score (nSPS) is 9.38. The molecule has 6 heteroatoms. The predicted octanol–water partition coefficient (Wildman–Crippen LogP) is 0.162. The fourth-order valence-corrected chi connectivity index (χ4v) is 0.833. The van der Waals surface area contributed by atoms with E-state index >= 15 is 0 Å². The van der Waals surface area contributed by atoms with Crippen molar-refractivity contribution in [2.45, 2.75) is 0 Å². The van der Waals surface area contributed by atoms with Crippen LogP contribution in [0.15, 0.2) is 18.2 Å². The van der Waals surface area contributed by atoms with Gasteiger partial charge in [0.2, 0.25) is 0 Å². The molecular formula is C7H6BFO4. The minimum absolute atomic E-state index is 0.112. The van der Waals surface area contributed by atoms with E-state index in [4.69, 9.17) is 10.1 Å². The molecule has 68 valence electrons. The molecule has 1 aromatic carbocycles. The average Bonchev–Trinajstić information content (AvgIpc) is 2.08. The van der Waals surface area contributed by atoms with Crippen molar-refractivity contribution in [2.24, 2.45) is 0 Å². The highest BCUT2D eigenvalue weighted by atomic mass is 19.1. The summed E-state index contributed by atoms with van der Waals surface area (Å²) in [7, 11) is -0.579. The number of hydrogen-bond acceptors (Lipinski definition) is 3. The van der Waals surface area contributed by atoms with Gasteiger partial charge in [-0.15, -0.1) is 0 Å². The highest BCUT2D eigenvalue weighted by Crippen LogP contribution is 2.16. The summed E-state index contributed by atoms with van der Waals surface area (Å²) in [5.41, 5.74) is -0.481. The van der Waals surface area contributed by atoms with Crippen molar-refractivity contribution in [3.63, 3.8) is 0 Å². The summed E-state index contributed by atoms with van der Waals surface area (Å²) < 4.78 is 17.3. The van der Waals surface area contributed by atoms with Crippen molar-refractivity contribution in [1.82, 2.24) is 0 Å². The van der Waals surface area contributed by atoms with E-state index in [2.05, 4.69) is 4.65 Å². The molecule has 0 amide bonds. The highest BCUT2D eigenvalue weighted by Gasteiger charge is 2.10. The molecule has 4 nitrogen and oxygen atoms in total. The van der Waals surface area contributed by atoms with Crippen LogP contribution in [0.2, 0.25) is 0 Å². The van der Waals surface area contributed by atoms with Gasteiger partial charge in [0.05, 0.1) is 5.56 Å². The van der Waals surface area contributed by atoms with E-state index in [9.17, 15) is 9.18 Å². The number of halogens is 1. The summed E-state index contributed by atoms with van der Waals surface area (Å²) in [6, 6.07) is 3.21. The summed E-state index contributed by atoms with van der Waals surface area (Å²) >= 11 is 0. The fraction of sp³-hybridized carbons (Fsp3) is 0. The van der Waals surface area contributed by atoms with Crippen LogP contribution in [0, 0.1) is 5.82 Å². The van der Waals surface area contributed by atoms with Crippen LogP contribution in [0.25, 0.3) is 0 Å². The Morgan fingerprint density at radius 3 is 2.77 bits per heavy atom. The van der Waals surface area contributed by atoms with Crippen molar-refractivity contribution in [2.75, 3.05) is 0 Å². The zero-order valence-corrected chi connectivity index (χ0v) is 6.53. The molecular weight excluding hydrogens is 178 g/mol. The Morgan fingerprint density at radius 1 is 1.54 bits per heavy atom. The molecule has 0 aliphatic rings. The number of carboxylic acid groups (broad SMARTS) is 1. The van der Waals surface area contributed by atoms with Gasteiger partial charge < -0.3 is 14.8 Å². The predicted molar refractivity (Wildman–Crippen MR) is 43.4 cm³/mol. The molecule has 0 aliphatic heterocycles. The van der Waals surface area contributed by atoms with Gasteiger partial charge in [0.25, 0.3) is 0 Å². The molecule has 1 rings (SSSR count). The van der Waals surface area contributed by atoms with Crippen LogP contribution in [-0.4, -0.2) is 23.8 Å². The lowest BCUT2D eigenvalue weighted by Crippen LogP contribution is -2.04. The SMILES string of the molecule is O=C(O)c1cc(OBO)ccc1F. The van der Waals surface area contributed by atoms with Gasteiger partial charge in [-0.25, -0.2) is 9.18 Å². The molecule has 0 saturated heterocycles. The third kappa shape index (κ3) is 2.19. The Bertz CT molecular complexity index is 328. The lowest BCUT2D eigenvalue weighted by molar-refractivity contribution is 0.0691. The molecule has 13 heavy (non-hydrogen) atoms. The van der Waals surface area contributed by atoms with Crippen LogP contribution in [0.3, 0.4) is 0 Å². The first-order valence-electron chi connectivity index (χ1n) is 3.41. The van der Waals surface area contributed by atoms with Crippen molar-refractivity contribution in [3.05, 3.63) is 29.6 Å². The van der Waals surface area contributed by atoms with Crippen LogP contribution in [0.4, 0.5) is 4.39 Å². The van der Waals surface area contributed by atoms with Crippen LogP contribution < -0.4 is 4.65 Å². The molecule has 0 saturated carbocycles. The molecule has 0 heterocycles. The van der Waals surface area contributed by atoms with Crippen LogP contribution in [0.5, 0.6) is 5.75 Å². The molecule has 0 spiro atoms. The summed E-state index contributed by atoms with van der Waals surface area (Å²) in [5.74, 6) is -2.10. The minimum atomic E-state index is -1.37. The maximum absolute atomic E-state index is 12.8. The third-order valence-electron chi connectivity index (χ3n) is 1.40. The molecule has 1 aromatic rings. The maximum atomic E-state index is 12.8. The van der Waals surface area contributed by atoms with E-state index in [-0.39, 0.29) is 5.75 Å². The summed E-state index contributed by atoms with van der Waals surface area (Å²) in [6.45, 7) is 0. The monoisotopic (exact) mass is 184 g/mol. The Labute approximate surface area is 73.9 Å². The zero-order chi connectivity index (χ0) is 9.84. The summed E-state index contributed by atoms with van der Waals surface area (Å²) in [5, 5.41) is 16.9. The number of benzene rings is 1. The second-order valence-electron chi connectivity index (χ2n) is 2.22. The average molecular weight is 184 g/mol. The van der Waals surface area contributed by atoms with Gasteiger partial charge in [-0.1, -0.05) is 0 Å². The number of rotatable bonds is 3. The molecule has 0 fully saturated rings. The smallest absolute Gasteiger partial charge is 0.504 e. The molecule has 0 aliphatic carbocycles. The number of hydrogen-bond donors (Lipinski definition) is 2. The largest absolute Gasteiger partial charge is 0.539 e. The molecule has 2 N–H and O–H groups in total. The fourth-order valence-electron chi connectivity index (χ4n) is 0.833. The highest BCUT2D eigenvalue weighted by molar-refractivity contribution is 6.17. The Hall–Kier alpha value is -1.56. The van der Waals surface area contributed by atoms with Crippen molar-refractivity contribution in [3.8, 4) is 5.75 Å². The van der Waals surface area contributed by atoms with Crippen molar-refractivity contribution >= 4 is 13.7 Å². The number of aromatic carboxylic acids is 1. The molecule has 0 unspecified atom stereocenters. The van der Waals surface area contributed by atoms with E-state index in [0.29, 0.717) is 0 Å². The van der Waals surface area contributed by atoms with Crippen LogP contribution >= 0.6 is 0 Å². The molecule has 0 aromatic heterocycles. The van der Waals surface area contributed by atoms with Gasteiger partial charge in [-0.3, -0.25) is 0 Å². The van der Waals surface area contributed by atoms with E-state index in [1.54, 1.807) is 0 Å². The minimum Gasteiger partial charge on any atom is -0.539 e. The lowest BCUT2D eigenvalue weighted by Gasteiger charge is -2.03. The molecule has 0 bridgehead atoms. The standard InChI is InChI=1S/C7H6BFO4/c9-6-2-1-4(13-8-12)3-5(6)7(10)11/h1-3,8,12H,(H,10,11). The van der Waals surface area contributed by atoms with E-state index < -0.39 is 25.0 Å². The second kappa shape index (κ2) is 3.91. The Morgan fingerprint density at radius 2 is 2.23 bits per heavy atom. The van der Waals surface area contributed by atoms with Gasteiger partial charge in [-0.05, 0) is 18.2 Å². The van der Waals surface area contributed by atoms with Gasteiger partial charge in [0, 0.05) is 0 Å². The topological polar surface area (TPSA) is 66.8 Å². The Kier molecular flexibility index (Phi) is 2.86. The third-order valence-corrected chi connectivity index (χ3v) is 1.40. The zero-order valence-electron chi connectivity index (χ0n) is 6.53. The van der Waals surface area contributed by atoms with Crippen LogP contribution in [0.1, 0.15) is 10.4 Å². The van der Waals surface area contributed by atoms with Gasteiger partial charge in [0.1, 0.15) is 11.6 Å². The van der Waals surface area contributed by atoms with E-state index in [0.717, 1.165) is 12.1 Å². The second-order valence-corrected chi connectivity index (χ2v) is 2.22. The summed E-state index contributed by atoms with van der Waals surface area (Å²) in [6.07, 6.45) is 0. The van der Waals surface area contributed by atoms with Crippen molar-refractivity contribution in [1.29, 1.82) is 0 Å². The Balaban J connectivity index is 3.04.